The van der Waals surface area contributed by atoms with Crippen molar-refractivity contribution in [1.29, 1.82) is 0 Å². The molecule has 0 fully saturated rings. The van der Waals surface area contributed by atoms with Gasteiger partial charge in [-0.05, 0) is 24.1 Å². The normalized spacial score (nSPS) is 12.0. The fraction of sp³-hybridized carbons (Fsp3) is 0.263. The number of ether oxygens (including phenoxy) is 1. The third-order valence-corrected chi connectivity index (χ3v) is 5.78. The maximum absolute atomic E-state index is 12.4. The highest BCUT2D eigenvalue weighted by Gasteiger charge is 2.13. The van der Waals surface area contributed by atoms with Gasteiger partial charge < -0.3 is 9.30 Å². The van der Waals surface area contributed by atoms with Gasteiger partial charge in [-0.25, -0.2) is 0 Å². The van der Waals surface area contributed by atoms with Gasteiger partial charge in [0.25, 0.3) is 0 Å². The molecule has 3 aromatic rings. The Labute approximate surface area is 165 Å². The summed E-state index contributed by atoms with van der Waals surface area (Å²) >= 11 is 14.0. The van der Waals surface area contributed by atoms with Crippen LogP contribution >= 0.6 is 34.5 Å². The first-order valence-electron chi connectivity index (χ1n) is 8.18. The van der Waals surface area contributed by atoms with Crippen molar-refractivity contribution in [2.45, 2.75) is 19.4 Å². The lowest BCUT2D eigenvalue weighted by Crippen LogP contribution is -2.19. The van der Waals surface area contributed by atoms with Crippen LogP contribution in [-0.2, 0) is 22.5 Å². The smallest absolute Gasteiger partial charge is 0.248 e. The lowest BCUT2D eigenvalue weighted by Gasteiger charge is -2.06. The Kier molecular flexibility index (Phi) is 6.48. The van der Waals surface area contributed by atoms with E-state index in [0.29, 0.717) is 40.8 Å². The molecule has 1 heterocycles. The fourth-order valence-electron chi connectivity index (χ4n) is 2.64. The zero-order valence-corrected chi connectivity index (χ0v) is 16.6. The number of hydrogen-bond acceptors (Lipinski definition) is 3. The highest BCUT2D eigenvalue weighted by molar-refractivity contribution is 7.16. The number of fused-ring (bicyclic) bond motifs is 1. The molecule has 0 bridgehead atoms. The lowest BCUT2D eigenvalue weighted by atomic mass is 10.1. The molecule has 0 aliphatic carbocycles. The number of nitrogens with zero attached hydrogens (tertiary/aromatic N) is 2. The second kappa shape index (κ2) is 8.82. The SMILES string of the molecule is COCCn1c(=NC(=O)CCc2ccccc2)sc2ccc(Cl)c(Cl)c21. The van der Waals surface area contributed by atoms with Gasteiger partial charge in [0.2, 0.25) is 5.91 Å². The van der Waals surface area contributed by atoms with Crippen LogP contribution in [0, 0.1) is 0 Å². The Bertz CT molecular complexity index is 980. The number of aromatic nitrogens is 1. The van der Waals surface area contributed by atoms with Crippen molar-refractivity contribution in [2.75, 3.05) is 13.7 Å². The van der Waals surface area contributed by atoms with Crippen molar-refractivity contribution >= 4 is 50.7 Å². The molecule has 136 valence electrons. The average Bonchev–Trinajstić information content (AvgIpc) is 3.00. The Hall–Kier alpha value is -1.66. The van der Waals surface area contributed by atoms with Crippen LogP contribution < -0.4 is 4.80 Å². The molecule has 3 rings (SSSR count). The van der Waals surface area contributed by atoms with E-state index in [0.717, 1.165) is 15.8 Å². The van der Waals surface area contributed by atoms with Gasteiger partial charge in [-0.15, -0.1) is 0 Å². The molecule has 0 aliphatic rings. The van der Waals surface area contributed by atoms with E-state index in [4.69, 9.17) is 27.9 Å². The van der Waals surface area contributed by atoms with Gasteiger partial charge in [-0.2, -0.15) is 4.99 Å². The molecule has 4 nitrogen and oxygen atoms in total. The molecule has 0 spiro atoms. The topological polar surface area (TPSA) is 43.6 Å². The molecular weight excluding hydrogens is 391 g/mol. The van der Waals surface area contributed by atoms with Crippen LogP contribution in [0.5, 0.6) is 0 Å². The van der Waals surface area contributed by atoms with Crippen LogP contribution in [0.2, 0.25) is 10.0 Å². The predicted molar refractivity (Wildman–Crippen MR) is 107 cm³/mol. The van der Waals surface area contributed by atoms with Crippen molar-refractivity contribution in [2.24, 2.45) is 4.99 Å². The van der Waals surface area contributed by atoms with E-state index in [1.165, 1.54) is 11.3 Å². The largest absolute Gasteiger partial charge is 0.383 e. The summed E-state index contributed by atoms with van der Waals surface area (Å²) in [6.07, 6.45) is 1.02. The van der Waals surface area contributed by atoms with E-state index in [1.807, 2.05) is 41.0 Å². The van der Waals surface area contributed by atoms with Gasteiger partial charge in [-0.3, -0.25) is 4.79 Å². The summed E-state index contributed by atoms with van der Waals surface area (Å²) in [5, 5.41) is 0.944. The molecule has 7 heteroatoms. The summed E-state index contributed by atoms with van der Waals surface area (Å²) in [5.41, 5.74) is 1.91. The lowest BCUT2D eigenvalue weighted by molar-refractivity contribution is -0.118. The minimum atomic E-state index is -0.159. The number of hydrogen-bond donors (Lipinski definition) is 0. The molecule has 0 saturated carbocycles. The second-order valence-electron chi connectivity index (χ2n) is 5.73. The van der Waals surface area contributed by atoms with E-state index in [1.54, 1.807) is 13.2 Å². The van der Waals surface area contributed by atoms with Crippen molar-refractivity contribution in [3.8, 4) is 0 Å². The third kappa shape index (κ3) is 4.35. The molecule has 1 amide bonds. The number of thiazole rings is 1. The van der Waals surface area contributed by atoms with Crippen LogP contribution in [0.4, 0.5) is 0 Å². The Morgan fingerprint density at radius 2 is 1.96 bits per heavy atom. The molecule has 0 radical (unpaired) electrons. The highest BCUT2D eigenvalue weighted by atomic mass is 35.5. The average molecular weight is 409 g/mol. The van der Waals surface area contributed by atoms with Crippen molar-refractivity contribution in [3.05, 3.63) is 62.9 Å². The monoisotopic (exact) mass is 408 g/mol. The third-order valence-electron chi connectivity index (χ3n) is 3.94. The molecule has 1 aromatic heterocycles. The van der Waals surface area contributed by atoms with Crippen molar-refractivity contribution < 1.29 is 9.53 Å². The number of halogens is 2. The molecule has 0 unspecified atom stereocenters. The quantitative estimate of drug-likeness (QED) is 0.592. The first kappa shape index (κ1) is 19.1. The minimum Gasteiger partial charge on any atom is -0.383 e. The van der Waals surface area contributed by atoms with Gasteiger partial charge >= 0.3 is 0 Å². The zero-order valence-electron chi connectivity index (χ0n) is 14.2. The van der Waals surface area contributed by atoms with E-state index < -0.39 is 0 Å². The Balaban J connectivity index is 1.93. The van der Waals surface area contributed by atoms with Crippen LogP contribution in [0.3, 0.4) is 0 Å². The van der Waals surface area contributed by atoms with Crippen LogP contribution in [0.1, 0.15) is 12.0 Å². The van der Waals surface area contributed by atoms with Crippen LogP contribution in [0.25, 0.3) is 10.2 Å². The molecule has 0 saturated heterocycles. The van der Waals surface area contributed by atoms with Crippen LogP contribution in [0.15, 0.2) is 47.5 Å². The first-order valence-corrected chi connectivity index (χ1v) is 9.75. The van der Waals surface area contributed by atoms with Gasteiger partial charge in [0.1, 0.15) is 0 Å². The van der Waals surface area contributed by atoms with E-state index in [2.05, 4.69) is 4.99 Å². The molecule has 2 aromatic carbocycles. The number of carbonyl (C=O) groups excluding carboxylic acids is 1. The summed E-state index contributed by atoms with van der Waals surface area (Å²) in [7, 11) is 1.63. The number of amides is 1. The predicted octanol–water partition coefficient (Wildman–Crippen LogP) is 4.72. The number of aryl methyl sites for hydroxylation is 1. The van der Waals surface area contributed by atoms with Gasteiger partial charge in [0, 0.05) is 20.1 Å². The number of methoxy groups -OCH3 is 1. The summed E-state index contributed by atoms with van der Waals surface area (Å²) < 4.78 is 8.02. The van der Waals surface area contributed by atoms with Gasteiger partial charge in [-0.1, -0.05) is 64.9 Å². The zero-order chi connectivity index (χ0) is 18.5. The maximum atomic E-state index is 12.4. The van der Waals surface area contributed by atoms with E-state index in [-0.39, 0.29) is 5.91 Å². The van der Waals surface area contributed by atoms with E-state index >= 15 is 0 Å². The molecule has 26 heavy (non-hydrogen) atoms. The number of rotatable bonds is 6. The standard InChI is InChI=1S/C19H18Cl2N2O2S/c1-25-12-11-23-18-15(9-8-14(20)17(18)21)26-19(23)22-16(24)10-7-13-5-3-2-4-6-13/h2-6,8-9H,7,10-12H2,1H3. The van der Waals surface area contributed by atoms with Gasteiger partial charge in [0.15, 0.2) is 4.80 Å². The Morgan fingerprint density at radius 3 is 2.69 bits per heavy atom. The first-order chi connectivity index (χ1) is 12.6. The number of carbonyl (C=O) groups is 1. The summed E-state index contributed by atoms with van der Waals surface area (Å²) in [6.45, 7) is 1.03. The number of benzene rings is 2. The van der Waals surface area contributed by atoms with Crippen molar-refractivity contribution in [1.82, 2.24) is 4.57 Å². The summed E-state index contributed by atoms with van der Waals surface area (Å²) in [5.74, 6) is -0.159. The van der Waals surface area contributed by atoms with Crippen LogP contribution in [-0.4, -0.2) is 24.2 Å². The maximum Gasteiger partial charge on any atom is 0.248 e. The Morgan fingerprint density at radius 1 is 1.19 bits per heavy atom. The minimum absolute atomic E-state index is 0.159. The fourth-order valence-corrected chi connectivity index (χ4v) is 4.19. The molecule has 0 aliphatic heterocycles. The van der Waals surface area contributed by atoms with E-state index in [9.17, 15) is 4.79 Å². The van der Waals surface area contributed by atoms with Gasteiger partial charge in [0.05, 0.1) is 26.9 Å². The van der Waals surface area contributed by atoms with Crippen molar-refractivity contribution in [3.63, 3.8) is 0 Å². The molecule has 0 N–H and O–H groups in total. The summed E-state index contributed by atoms with van der Waals surface area (Å²) in [6, 6.07) is 13.6. The summed E-state index contributed by atoms with van der Waals surface area (Å²) in [4.78, 5) is 17.3. The second-order valence-corrected chi connectivity index (χ2v) is 7.52. The molecule has 0 atom stereocenters. The molecular formula is C19H18Cl2N2O2S. The highest BCUT2D eigenvalue weighted by Crippen LogP contribution is 2.32.